The highest BCUT2D eigenvalue weighted by molar-refractivity contribution is 7.98. The number of nitrogen functional groups attached to an aromatic ring is 1. The number of methoxy groups -OCH3 is 2. The highest BCUT2D eigenvalue weighted by atomic mass is 32.2. The fraction of sp³-hybridized carbons (Fsp3) is 0.462. The van der Waals surface area contributed by atoms with Crippen molar-refractivity contribution in [2.75, 3.05) is 20.0 Å². The van der Waals surface area contributed by atoms with E-state index in [1.807, 2.05) is 0 Å². The number of nitrogens with zero attached hydrogens (tertiary/aromatic N) is 4. The Kier molecular flexibility index (Phi) is 4.71. The van der Waals surface area contributed by atoms with Crippen LogP contribution in [0.15, 0.2) is 5.16 Å². The molecule has 2 N–H and O–H groups in total. The molecule has 2 aromatic heterocycles. The summed E-state index contributed by atoms with van der Waals surface area (Å²) in [6.07, 6.45) is 2.09. The zero-order valence-electron chi connectivity index (χ0n) is 13.0. The number of ether oxygens (including phenoxy) is 2. The first kappa shape index (κ1) is 16.7. The van der Waals surface area contributed by atoms with Crippen molar-refractivity contribution in [1.82, 2.24) is 20.2 Å². The van der Waals surface area contributed by atoms with Crippen LogP contribution in [0.5, 0.6) is 0 Å². The second-order valence-corrected chi connectivity index (χ2v) is 7.05. The Bertz CT molecular complexity index is 783. The first-order chi connectivity index (χ1) is 11.6. The van der Waals surface area contributed by atoms with E-state index in [0.717, 1.165) is 24.2 Å². The molecule has 0 saturated heterocycles. The van der Waals surface area contributed by atoms with Crippen LogP contribution < -0.4 is 5.73 Å². The lowest BCUT2D eigenvalue weighted by Crippen LogP contribution is -2.09. The maximum absolute atomic E-state index is 12.0. The van der Waals surface area contributed by atoms with Crippen LogP contribution in [0.1, 0.15) is 44.5 Å². The van der Waals surface area contributed by atoms with Gasteiger partial charge in [-0.25, -0.2) is 14.3 Å². The number of carbonyl (C=O) groups excluding carboxylic acids is 2. The second-order valence-electron chi connectivity index (χ2n) is 5.06. The first-order valence-corrected chi connectivity index (χ1v) is 8.85. The lowest BCUT2D eigenvalue weighted by Gasteiger charge is -2.06. The van der Waals surface area contributed by atoms with E-state index in [2.05, 4.69) is 15.5 Å². The minimum absolute atomic E-state index is 0.195. The van der Waals surface area contributed by atoms with E-state index in [4.69, 9.17) is 15.2 Å². The summed E-state index contributed by atoms with van der Waals surface area (Å²) in [5.41, 5.74) is 6.58. The standard InChI is InChI=1S/C13H15N5O4S2/c1-21-11(19)8-7(9(12(20)22-2)24-10(8)14)5-23-13-15-16-17-18(13)6-3-4-6/h6H,3-5,14H2,1-2H3. The Morgan fingerprint density at radius 1 is 1.33 bits per heavy atom. The number of carbonyl (C=O) groups is 2. The minimum Gasteiger partial charge on any atom is -0.465 e. The average molecular weight is 369 g/mol. The number of rotatable bonds is 6. The Balaban J connectivity index is 1.91. The van der Waals surface area contributed by atoms with Crippen molar-refractivity contribution < 1.29 is 19.1 Å². The van der Waals surface area contributed by atoms with E-state index in [0.29, 0.717) is 22.5 Å². The predicted molar refractivity (Wildman–Crippen MR) is 87.1 cm³/mol. The van der Waals surface area contributed by atoms with E-state index in [9.17, 15) is 9.59 Å². The Morgan fingerprint density at radius 2 is 2.04 bits per heavy atom. The summed E-state index contributed by atoms with van der Waals surface area (Å²) >= 11 is 2.34. The normalized spacial score (nSPS) is 13.8. The first-order valence-electron chi connectivity index (χ1n) is 7.05. The molecule has 1 saturated carbocycles. The average Bonchev–Trinajstić information content (AvgIpc) is 3.23. The molecule has 1 aliphatic carbocycles. The molecular formula is C13H15N5O4S2. The number of tetrazole rings is 1. The number of nitrogens with two attached hydrogens (primary N) is 1. The maximum atomic E-state index is 12.0. The van der Waals surface area contributed by atoms with Gasteiger partial charge in [0.05, 0.1) is 25.8 Å². The van der Waals surface area contributed by atoms with Crippen LogP contribution >= 0.6 is 23.1 Å². The summed E-state index contributed by atoms with van der Waals surface area (Å²) in [5.74, 6) is -0.828. The Hall–Kier alpha value is -2.14. The van der Waals surface area contributed by atoms with E-state index in [1.54, 1.807) is 4.68 Å². The minimum atomic E-state index is -0.587. The van der Waals surface area contributed by atoms with Gasteiger partial charge in [-0.05, 0) is 23.3 Å². The van der Waals surface area contributed by atoms with Gasteiger partial charge in [0.2, 0.25) is 5.16 Å². The number of thioether (sulfide) groups is 1. The fourth-order valence-corrected chi connectivity index (χ4v) is 4.23. The molecule has 3 rings (SSSR count). The molecule has 1 fully saturated rings. The molecule has 2 aromatic rings. The van der Waals surface area contributed by atoms with Gasteiger partial charge in [-0.15, -0.1) is 16.4 Å². The van der Waals surface area contributed by atoms with Gasteiger partial charge in [0.15, 0.2) is 0 Å². The largest absolute Gasteiger partial charge is 0.465 e. The highest BCUT2D eigenvalue weighted by Gasteiger charge is 2.30. The summed E-state index contributed by atoms with van der Waals surface area (Å²) in [6, 6.07) is 0.329. The van der Waals surface area contributed by atoms with Crippen LogP contribution in [0.3, 0.4) is 0 Å². The number of thiophene rings is 1. The van der Waals surface area contributed by atoms with Crippen LogP contribution in [0.25, 0.3) is 0 Å². The van der Waals surface area contributed by atoms with E-state index < -0.39 is 11.9 Å². The molecule has 0 amide bonds. The number of anilines is 1. The molecule has 9 nitrogen and oxygen atoms in total. The molecule has 0 aromatic carbocycles. The van der Waals surface area contributed by atoms with Crippen molar-refractivity contribution in [3.8, 4) is 0 Å². The zero-order chi connectivity index (χ0) is 17.3. The van der Waals surface area contributed by atoms with Crippen LogP contribution in [0.4, 0.5) is 5.00 Å². The van der Waals surface area contributed by atoms with Crippen LogP contribution in [0, 0.1) is 0 Å². The van der Waals surface area contributed by atoms with Crippen molar-refractivity contribution in [2.24, 2.45) is 0 Å². The van der Waals surface area contributed by atoms with Gasteiger partial charge in [0.25, 0.3) is 0 Å². The van der Waals surface area contributed by atoms with Gasteiger partial charge >= 0.3 is 11.9 Å². The number of hydrogen-bond acceptors (Lipinski definition) is 10. The van der Waals surface area contributed by atoms with Crippen molar-refractivity contribution >= 4 is 40.0 Å². The van der Waals surface area contributed by atoms with E-state index in [1.165, 1.54) is 26.0 Å². The molecule has 0 aliphatic heterocycles. The zero-order valence-corrected chi connectivity index (χ0v) is 14.6. The summed E-state index contributed by atoms with van der Waals surface area (Å²) in [5, 5.41) is 12.5. The molecule has 0 radical (unpaired) electrons. The molecule has 128 valence electrons. The van der Waals surface area contributed by atoms with E-state index >= 15 is 0 Å². The monoisotopic (exact) mass is 369 g/mol. The summed E-state index contributed by atoms with van der Waals surface area (Å²) in [4.78, 5) is 24.3. The van der Waals surface area contributed by atoms with Gasteiger partial charge in [-0.2, -0.15) is 0 Å². The molecule has 1 aliphatic rings. The fourth-order valence-electron chi connectivity index (χ4n) is 2.17. The molecule has 0 bridgehead atoms. The highest BCUT2D eigenvalue weighted by Crippen LogP contribution is 2.39. The van der Waals surface area contributed by atoms with Crippen molar-refractivity contribution in [3.05, 3.63) is 16.0 Å². The number of esters is 2. The molecular weight excluding hydrogens is 354 g/mol. The maximum Gasteiger partial charge on any atom is 0.348 e. The third kappa shape index (κ3) is 3.08. The summed E-state index contributed by atoms with van der Waals surface area (Å²) in [6.45, 7) is 0. The second kappa shape index (κ2) is 6.77. The quantitative estimate of drug-likeness (QED) is 0.596. The molecule has 0 spiro atoms. The van der Waals surface area contributed by atoms with Crippen molar-refractivity contribution in [1.29, 1.82) is 0 Å². The topological polar surface area (TPSA) is 122 Å². The number of aromatic nitrogens is 4. The lowest BCUT2D eigenvalue weighted by molar-refractivity contribution is 0.0601. The molecule has 0 atom stereocenters. The molecule has 24 heavy (non-hydrogen) atoms. The SMILES string of the molecule is COC(=O)c1sc(N)c(C(=O)OC)c1CSc1nnnn1C1CC1. The summed E-state index contributed by atoms with van der Waals surface area (Å²) in [7, 11) is 2.54. The van der Waals surface area contributed by atoms with Gasteiger partial charge in [0.1, 0.15) is 9.88 Å². The molecule has 11 heteroatoms. The van der Waals surface area contributed by atoms with Gasteiger partial charge < -0.3 is 15.2 Å². The van der Waals surface area contributed by atoms with E-state index in [-0.39, 0.29) is 15.4 Å². The Labute approximate surface area is 145 Å². The van der Waals surface area contributed by atoms with Crippen LogP contribution in [-0.2, 0) is 15.2 Å². The molecule has 2 heterocycles. The summed E-state index contributed by atoms with van der Waals surface area (Å²) < 4.78 is 11.3. The smallest absolute Gasteiger partial charge is 0.348 e. The third-order valence-corrected chi connectivity index (χ3v) is 5.50. The van der Waals surface area contributed by atoms with Crippen LogP contribution in [-0.4, -0.2) is 46.4 Å². The predicted octanol–water partition coefficient (Wildman–Crippen LogP) is 1.52. The van der Waals surface area contributed by atoms with Gasteiger partial charge in [0, 0.05) is 11.3 Å². The van der Waals surface area contributed by atoms with Gasteiger partial charge in [-0.3, -0.25) is 0 Å². The number of hydrogen-bond donors (Lipinski definition) is 1. The third-order valence-electron chi connectivity index (χ3n) is 3.50. The lowest BCUT2D eigenvalue weighted by atomic mass is 10.1. The van der Waals surface area contributed by atoms with Crippen molar-refractivity contribution in [3.63, 3.8) is 0 Å². The Morgan fingerprint density at radius 3 is 2.67 bits per heavy atom. The van der Waals surface area contributed by atoms with Crippen molar-refractivity contribution in [2.45, 2.75) is 29.8 Å². The van der Waals surface area contributed by atoms with Gasteiger partial charge in [-0.1, -0.05) is 11.8 Å². The van der Waals surface area contributed by atoms with Crippen LogP contribution in [0.2, 0.25) is 0 Å². The molecule has 0 unspecified atom stereocenters.